The van der Waals surface area contributed by atoms with Crippen LogP contribution in [-0.4, -0.2) is 0 Å². The van der Waals surface area contributed by atoms with Crippen molar-refractivity contribution >= 4 is 5.69 Å². The zero-order valence-corrected chi connectivity index (χ0v) is 12.1. The number of benzene rings is 1. The Bertz CT molecular complexity index is 728. The van der Waals surface area contributed by atoms with Crippen LogP contribution < -0.4 is 16.2 Å². The van der Waals surface area contributed by atoms with Crippen LogP contribution in [0.2, 0.25) is 0 Å². The Hall–Kier alpha value is -2.11. The summed E-state index contributed by atoms with van der Waals surface area (Å²) in [5.74, 6) is 0. The van der Waals surface area contributed by atoms with Crippen molar-refractivity contribution in [3.63, 3.8) is 0 Å². The fourth-order valence-electron chi connectivity index (χ4n) is 2.27. The van der Waals surface area contributed by atoms with Gasteiger partial charge in [0.2, 0.25) is 10.9 Å². The Balaban J connectivity index is 2.10. The summed E-state index contributed by atoms with van der Waals surface area (Å²) in [5, 5.41) is 2.80. The third-order valence-corrected chi connectivity index (χ3v) is 3.51. The minimum absolute atomic E-state index is 0.0773. The molecule has 6 heteroatoms. The lowest BCUT2D eigenvalue weighted by molar-refractivity contribution is -0.137. The molecular formula is C16H16F3NO2. The lowest BCUT2D eigenvalue weighted by atomic mass is 10.0. The maximum absolute atomic E-state index is 12.6. The van der Waals surface area contributed by atoms with Crippen molar-refractivity contribution in [2.45, 2.75) is 38.9 Å². The summed E-state index contributed by atoms with van der Waals surface area (Å²) in [6.45, 7) is 2.05. The smallest absolute Gasteiger partial charge is 0.377 e. The van der Waals surface area contributed by atoms with Gasteiger partial charge in [-0.2, -0.15) is 13.2 Å². The fourth-order valence-corrected chi connectivity index (χ4v) is 2.27. The Kier molecular flexibility index (Phi) is 4.68. The molecule has 2 aromatic carbocycles. The molecule has 0 saturated heterocycles. The van der Waals surface area contributed by atoms with Crippen molar-refractivity contribution < 1.29 is 13.2 Å². The highest BCUT2D eigenvalue weighted by Crippen LogP contribution is 2.29. The maximum Gasteiger partial charge on any atom is 0.416 e. The summed E-state index contributed by atoms with van der Waals surface area (Å²) in [7, 11) is 0. The van der Waals surface area contributed by atoms with Gasteiger partial charge in [0.1, 0.15) is 0 Å². The summed E-state index contributed by atoms with van der Waals surface area (Å²) in [6, 6.07) is 4.89. The normalized spacial score (nSPS) is 11.8. The molecule has 0 fully saturated rings. The molecule has 0 amide bonds. The molecule has 0 aliphatic heterocycles. The quantitative estimate of drug-likeness (QED) is 0.833. The number of nitrogens with one attached hydrogen (secondary N) is 1. The average Bonchev–Trinajstić information content (AvgIpc) is 2.49. The molecular weight excluding hydrogens is 295 g/mol. The molecule has 0 saturated carbocycles. The number of hydrogen-bond acceptors (Lipinski definition) is 3. The molecule has 3 nitrogen and oxygen atoms in total. The summed E-state index contributed by atoms with van der Waals surface area (Å²) in [6.07, 6.45) is -2.19. The van der Waals surface area contributed by atoms with E-state index in [9.17, 15) is 22.8 Å². The number of unbranched alkanes of at least 4 members (excludes halogenated alkanes) is 1. The summed E-state index contributed by atoms with van der Waals surface area (Å²) >= 11 is 0. The Labute approximate surface area is 125 Å². The van der Waals surface area contributed by atoms with Gasteiger partial charge in [0.15, 0.2) is 0 Å². The predicted molar refractivity (Wildman–Crippen MR) is 78.7 cm³/mol. The first-order chi connectivity index (χ1) is 10.3. The van der Waals surface area contributed by atoms with Crippen LogP contribution in [0.15, 0.2) is 33.9 Å². The second-order valence-corrected chi connectivity index (χ2v) is 5.17. The summed E-state index contributed by atoms with van der Waals surface area (Å²) in [5.41, 5.74) is -0.694. The second-order valence-electron chi connectivity index (χ2n) is 5.17. The van der Waals surface area contributed by atoms with Crippen LogP contribution in [0.1, 0.15) is 36.5 Å². The zero-order chi connectivity index (χ0) is 16.3. The number of anilines is 1. The first kappa shape index (κ1) is 16.3. The fraction of sp³-hybridized carbons (Fsp3) is 0.375. The minimum atomic E-state index is -4.40. The Morgan fingerprint density at radius 1 is 1.14 bits per heavy atom. The van der Waals surface area contributed by atoms with E-state index in [4.69, 9.17) is 0 Å². The van der Waals surface area contributed by atoms with E-state index in [-0.39, 0.29) is 12.2 Å². The number of hydrogen-bond donors (Lipinski definition) is 1. The van der Waals surface area contributed by atoms with Gasteiger partial charge in [-0.05, 0) is 30.5 Å². The molecule has 0 aromatic heterocycles. The highest BCUT2D eigenvalue weighted by Gasteiger charge is 2.30. The van der Waals surface area contributed by atoms with E-state index >= 15 is 0 Å². The van der Waals surface area contributed by atoms with Gasteiger partial charge >= 0.3 is 6.18 Å². The van der Waals surface area contributed by atoms with E-state index in [1.807, 2.05) is 6.92 Å². The van der Waals surface area contributed by atoms with Crippen molar-refractivity contribution in [3.05, 3.63) is 61.4 Å². The van der Waals surface area contributed by atoms with Gasteiger partial charge < -0.3 is 5.32 Å². The third kappa shape index (κ3) is 3.37. The second kappa shape index (κ2) is 6.34. The average molecular weight is 311 g/mol. The molecule has 2 rings (SSSR count). The first-order valence-electron chi connectivity index (χ1n) is 7.06. The van der Waals surface area contributed by atoms with E-state index in [0.717, 1.165) is 25.0 Å². The highest BCUT2D eigenvalue weighted by atomic mass is 19.4. The predicted octanol–water partition coefficient (Wildman–Crippen LogP) is 3.26. The molecule has 2 aromatic rings. The lowest BCUT2D eigenvalue weighted by Gasteiger charge is -2.14. The van der Waals surface area contributed by atoms with E-state index in [1.165, 1.54) is 6.07 Å². The highest BCUT2D eigenvalue weighted by molar-refractivity contribution is 5.56. The molecule has 0 aliphatic carbocycles. The van der Waals surface area contributed by atoms with Gasteiger partial charge in [-0.1, -0.05) is 25.5 Å². The summed E-state index contributed by atoms with van der Waals surface area (Å²) in [4.78, 5) is 23.0. The van der Waals surface area contributed by atoms with Crippen molar-refractivity contribution in [2.75, 3.05) is 5.32 Å². The van der Waals surface area contributed by atoms with Crippen LogP contribution in [0.3, 0.4) is 0 Å². The van der Waals surface area contributed by atoms with Gasteiger partial charge in [-0.25, -0.2) is 0 Å². The molecule has 1 N–H and O–H groups in total. The van der Waals surface area contributed by atoms with Gasteiger partial charge in [0, 0.05) is 12.1 Å². The van der Waals surface area contributed by atoms with Crippen LogP contribution in [0.4, 0.5) is 18.9 Å². The number of rotatable bonds is 6. The molecule has 0 unspecified atom stereocenters. The van der Waals surface area contributed by atoms with Crippen LogP contribution in [0.25, 0.3) is 0 Å². The monoisotopic (exact) mass is 311 g/mol. The van der Waals surface area contributed by atoms with E-state index < -0.39 is 22.6 Å². The minimum Gasteiger partial charge on any atom is -0.377 e. The molecule has 0 atom stereocenters. The van der Waals surface area contributed by atoms with Crippen LogP contribution in [0.5, 0.6) is 0 Å². The maximum atomic E-state index is 12.6. The largest absolute Gasteiger partial charge is 0.416 e. The molecule has 118 valence electrons. The van der Waals surface area contributed by atoms with Gasteiger partial charge in [-0.3, -0.25) is 9.59 Å². The zero-order valence-electron chi connectivity index (χ0n) is 12.1. The van der Waals surface area contributed by atoms with Gasteiger partial charge in [-0.15, -0.1) is 0 Å². The van der Waals surface area contributed by atoms with Crippen molar-refractivity contribution in [2.24, 2.45) is 0 Å². The molecule has 0 bridgehead atoms. The topological polar surface area (TPSA) is 46.2 Å². The molecule has 22 heavy (non-hydrogen) atoms. The SMILES string of the molecule is CCCCc1c(NCc2cccc(C(F)(F)F)c2)c(=O)c1=O. The van der Waals surface area contributed by atoms with Crippen LogP contribution in [0, 0.1) is 0 Å². The lowest BCUT2D eigenvalue weighted by Crippen LogP contribution is -2.38. The van der Waals surface area contributed by atoms with Crippen molar-refractivity contribution in [1.82, 2.24) is 0 Å². The molecule has 0 spiro atoms. The van der Waals surface area contributed by atoms with Gasteiger partial charge in [0.25, 0.3) is 0 Å². The number of alkyl halides is 3. The standard InChI is InChI=1S/C16H16F3NO2/c1-2-3-7-12-13(15(22)14(12)21)20-9-10-5-4-6-11(8-10)16(17,18)19/h4-6,8,20H,2-3,7,9H2,1H3. The van der Waals surface area contributed by atoms with Crippen LogP contribution in [-0.2, 0) is 19.1 Å². The first-order valence-corrected chi connectivity index (χ1v) is 7.06. The Morgan fingerprint density at radius 2 is 1.86 bits per heavy atom. The Morgan fingerprint density at radius 3 is 2.50 bits per heavy atom. The number of halogens is 3. The van der Waals surface area contributed by atoms with E-state index in [2.05, 4.69) is 5.32 Å². The van der Waals surface area contributed by atoms with E-state index in [0.29, 0.717) is 17.5 Å². The molecule has 0 heterocycles. The van der Waals surface area contributed by atoms with Crippen LogP contribution >= 0.6 is 0 Å². The molecule has 0 radical (unpaired) electrons. The molecule has 0 aliphatic rings. The van der Waals surface area contributed by atoms with Crippen molar-refractivity contribution in [1.29, 1.82) is 0 Å². The van der Waals surface area contributed by atoms with Crippen molar-refractivity contribution in [3.8, 4) is 0 Å². The summed E-state index contributed by atoms with van der Waals surface area (Å²) < 4.78 is 37.9. The van der Waals surface area contributed by atoms with E-state index in [1.54, 1.807) is 6.07 Å². The van der Waals surface area contributed by atoms with Gasteiger partial charge in [0.05, 0.1) is 11.3 Å². The third-order valence-electron chi connectivity index (χ3n) is 3.51.